The summed E-state index contributed by atoms with van der Waals surface area (Å²) < 4.78 is 19.3. The van der Waals surface area contributed by atoms with Crippen molar-refractivity contribution in [2.45, 2.75) is 13.3 Å². The lowest BCUT2D eigenvalue weighted by atomic mass is 10.1. The number of halogens is 1. The van der Waals surface area contributed by atoms with Crippen molar-refractivity contribution in [3.8, 4) is 5.75 Å². The lowest BCUT2D eigenvalue weighted by molar-refractivity contribution is 0.0948. The average molecular weight is 342 g/mol. The molecule has 1 atom stereocenters. The summed E-state index contributed by atoms with van der Waals surface area (Å²) in [6.07, 6.45) is 0.938. The first-order chi connectivity index (χ1) is 12.2. The van der Waals surface area contributed by atoms with Gasteiger partial charge in [0.15, 0.2) is 0 Å². The van der Waals surface area contributed by atoms with Crippen molar-refractivity contribution >= 4 is 11.6 Å². The number of para-hydroxylation sites is 1. The molecular formula is C20H23FN2O2. The Labute approximate surface area is 147 Å². The SMILES string of the molecule is CCOc1cccc(C(=O)NCC2CCN(c3ccccc3F)C2)c1. The summed E-state index contributed by atoms with van der Waals surface area (Å²) in [5.74, 6) is 0.714. The maximum absolute atomic E-state index is 13.9. The van der Waals surface area contributed by atoms with Crippen LogP contribution in [-0.2, 0) is 0 Å². The number of nitrogens with zero attached hydrogens (tertiary/aromatic N) is 1. The fourth-order valence-electron chi connectivity index (χ4n) is 3.16. The summed E-state index contributed by atoms with van der Waals surface area (Å²) in [6, 6.07) is 14.0. The molecule has 0 radical (unpaired) electrons. The van der Waals surface area contributed by atoms with Crippen LogP contribution in [0.15, 0.2) is 48.5 Å². The molecule has 0 bridgehead atoms. The number of carbonyl (C=O) groups is 1. The van der Waals surface area contributed by atoms with E-state index < -0.39 is 0 Å². The second-order valence-corrected chi connectivity index (χ2v) is 6.22. The lowest BCUT2D eigenvalue weighted by Gasteiger charge is -2.19. The van der Waals surface area contributed by atoms with Gasteiger partial charge in [0.05, 0.1) is 12.3 Å². The van der Waals surface area contributed by atoms with E-state index in [1.54, 1.807) is 24.3 Å². The molecule has 4 nitrogen and oxygen atoms in total. The van der Waals surface area contributed by atoms with Crippen LogP contribution in [0.2, 0.25) is 0 Å². The number of nitrogens with one attached hydrogen (secondary N) is 1. The lowest BCUT2D eigenvalue weighted by Crippen LogP contribution is -2.31. The molecular weight excluding hydrogens is 319 g/mol. The number of carbonyl (C=O) groups excluding carboxylic acids is 1. The van der Waals surface area contributed by atoms with E-state index in [0.29, 0.717) is 36.1 Å². The summed E-state index contributed by atoms with van der Waals surface area (Å²) in [7, 11) is 0. The summed E-state index contributed by atoms with van der Waals surface area (Å²) in [6.45, 7) is 4.62. The Balaban J connectivity index is 1.53. The smallest absolute Gasteiger partial charge is 0.251 e. The minimum Gasteiger partial charge on any atom is -0.494 e. The van der Waals surface area contributed by atoms with Gasteiger partial charge in [0, 0.05) is 25.2 Å². The zero-order valence-electron chi connectivity index (χ0n) is 14.4. The highest BCUT2D eigenvalue weighted by Gasteiger charge is 2.24. The summed E-state index contributed by atoms with van der Waals surface area (Å²) in [5.41, 5.74) is 1.23. The van der Waals surface area contributed by atoms with E-state index in [0.717, 1.165) is 19.5 Å². The van der Waals surface area contributed by atoms with Crippen LogP contribution < -0.4 is 15.0 Å². The van der Waals surface area contributed by atoms with Gasteiger partial charge < -0.3 is 15.0 Å². The number of anilines is 1. The van der Waals surface area contributed by atoms with Crippen molar-refractivity contribution in [3.63, 3.8) is 0 Å². The molecule has 0 aliphatic carbocycles. The van der Waals surface area contributed by atoms with Crippen molar-refractivity contribution in [1.29, 1.82) is 0 Å². The number of hydrogen-bond donors (Lipinski definition) is 1. The van der Waals surface area contributed by atoms with Crippen LogP contribution in [0.5, 0.6) is 5.75 Å². The van der Waals surface area contributed by atoms with Crippen molar-refractivity contribution < 1.29 is 13.9 Å². The molecule has 1 amide bonds. The summed E-state index contributed by atoms with van der Waals surface area (Å²) >= 11 is 0. The molecule has 1 saturated heterocycles. The van der Waals surface area contributed by atoms with E-state index in [9.17, 15) is 9.18 Å². The molecule has 132 valence electrons. The molecule has 2 aromatic carbocycles. The van der Waals surface area contributed by atoms with Crippen LogP contribution in [0, 0.1) is 11.7 Å². The standard InChI is InChI=1S/C20H23FN2O2/c1-2-25-17-7-5-6-16(12-17)20(24)22-13-15-10-11-23(14-15)19-9-4-3-8-18(19)21/h3-9,12,15H,2,10-11,13-14H2,1H3,(H,22,24). The summed E-state index contributed by atoms with van der Waals surface area (Å²) in [4.78, 5) is 14.4. The summed E-state index contributed by atoms with van der Waals surface area (Å²) in [5, 5.41) is 2.98. The first kappa shape index (κ1) is 17.3. The van der Waals surface area contributed by atoms with Gasteiger partial charge in [-0.25, -0.2) is 4.39 Å². The van der Waals surface area contributed by atoms with E-state index in [1.807, 2.05) is 30.0 Å². The minimum absolute atomic E-state index is 0.106. The highest BCUT2D eigenvalue weighted by atomic mass is 19.1. The molecule has 1 aliphatic heterocycles. The Morgan fingerprint density at radius 3 is 2.92 bits per heavy atom. The van der Waals surface area contributed by atoms with Crippen LogP contribution in [0.4, 0.5) is 10.1 Å². The largest absolute Gasteiger partial charge is 0.494 e. The quantitative estimate of drug-likeness (QED) is 0.874. The van der Waals surface area contributed by atoms with Gasteiger partial charge in [-0.3, -0.25) is 4.79 Å². The van der Waals surface area contributed by atoms with Crippen LogP contribution >= 0.6 is 0 Å². The van der Waals surface area contributed by atoms with Crippen LogP contribution in [-0.4, -0.2) is 32.1 Å². The van der Waals surface area contributed by atoms with Crippen molar-refractivity contribution in [2.24, 2.45) is 5.92 Å². The second-order valence-electron chi connectivity index (χ2n) is 6.22. The Hall–Kier alpha value is -2.56. The molecule has 3 rings (SSSR count). The molecule has 0 spiro atoms. The van der Waals surface area contributed by atoms with Crippen molar-refractivity contribution in [3.05, 3.63) is 59.9 Å². The van der Waals surface area contributed by atoms with E-state index in [4.69, 9.17) is 4.74 Å². The third-order valence-corrected chi connectivity index (χ3v) is 4.44. The van der Waals surface area contributed by atoms with Gasteiger partial charge in [-0.05, 0) is 49.6 Å². The molecule has 2 aromatic rings. The monoisotopic (exact) mass is 342 g/mol. The zero-order valence-corrected chi connectivity index (χ0v) is 14.4. The van der Waals surface area contributed by atoms with E-state index >= 15 is 0 Å². The molecule has 0 aromatic heterocycles. The van der Waals surface area contributed by atoms with E-state index in [1.165, 1.54) is 6.07 Å². The maximum atomic E-state index is 13.9. The number of ether oxygens (including phenoxy) is 1. The molecule has 1 fully saturated rings. The number of amides is 1. The number of benzene rings is 2. The van der Waals surface area contributed by atoms with Gasteiger partial charge in [-0.2, -0.15) is 0 Å². The first-order valence-corrected chi connectivity index (χ1v) is 8.68. The van der Waals surface area contributed by atoms with Gasteiger partial charge >= 0.3 is 0 Å². The van der Waals surface area contributed by atoms with E-state index in [-0.39, 0.29) is 11.7 Å². The third kappa shape index (κ3) is 4.29. The number of hydrogen-bond acceptors (Lipinski definition) is 3. The van der Waals surface area contributed by atoms with Gasteiger partial charge in [0.2, 0.25) is 0 Å². The average Bonchev–Trinajstić information content (AvgIpc) is 3.09. The molecule has 5 heteroatoms. The molecule has 1 N–H and O–H groups in total. The first-order valence-electron chi connectivity index (χ1n) is 8.68. The Kier molecular flexibility index (Phi) is 5.53. The Morgan fingerprint density at radius 1 is 1.28 bits per heavy atom. The Morgan fingerprint density at radius 2 is 2.12 bits per heavy atom. The Bertz CT molecular complexity index is 735. The molecule has 1 heterocycles. The predicted molar refractivity (Wildman–Crippen MR) is 96.7 cm³/mol. The highest BCUT2D eigenvalue weighted by Crippen LogP contribution is 2.25. The van der Waals surface area contributed by atoms with Crippen LogP contribution in [0.1, 0.15) is 23.7 Å². The maximum Gasteiger partial charge on any atom is 0.251 e. The fraction of sp³-hybridized carbons (Fsp3) is 0.350. The van der Waals surface area contributed by atoms with Crippen LogP contribution in [0.3, 0.4) is 0 Å². The normalized spacial score (nSPS) is 16.7. The molecule has 0 saturated carbocycles. The fourth-order valence-corrected chi connectivity index (χ4v) is 3.16. The van der Waals surface area contributed by atoms with Crippen molar-refractivity contribution in [2.75, 3.05) is 31.1 Å². The number of rotatable bonds is 6. The molecule has 1 unspecified atom stereocenters. The second kappa shape index (κ2) is 8.01. The topological polar surface area (TPSA) is 41.6 Å². The van der Waals surface area contributed by atoms with Gasteiger partial charge in [0.25, 0.3) is 5.91 Å². The third-order valence-electron chi connectivity index (χ3n) is 4.44. The van der Waals surface area contributed by atoms with Gasteiger partial charge in [0.1, 0.15) is 11.6 Å². The molecule has 1 aliphatic rings. The zero-order chi connectivity index (χ0) is 17.6. The predicted octanol–water partition coefficient (Wildman–Crippen LogP) is 3.48. The van der Waals surface area contributed by atoms with Crippen molar-refractivity contribution in [1.82, 2.24) is 5.32 Å². The highest BCUT2D eigenvalue weighted by molar-refractivity contribution is 5.94. The van der Waals surface area contributed by atoms with E-state index in [2.05, 4.69) is 5.32 Å². The van der Waals surface area contributed by atoms with Crippen LogP contribution in [0.25, 0.3) is 0 Å². The van der Waals surface area contributed by atoms with Gasteiger partial charge in [-0.15, -0.1) is 0 Å². The minimum atomic E-state index is -0.195. The van der Waals surface area contributed by atoms with Gasteiger partial charge in [-0.1, -0.05) is 18.2 Å². The molecule has 25 heavy (non-hydrogen) atoms.